The molecule has 1 aliphatic carbocycles. The van der Waals surface area contributed by atoms with Gasteiger partial charge >= 0.3 is 0 Å². The number of nitrogens with zero attached hydrogens (tertiary/aromatic N) is 1. The van der Waals surface area contributed by atoms with Crippen molar-refractivity contribution in [3.8, 4) is 0 Å². The summed E-state index contributed by atoms with van der Waals surface area (Å²) in [7, 11) is 1.58. The summed E-state index contributed by atoms with van der Waals surface area (Å²) in [5.41, 5.74) is 0.877. The largest absolute Gasteiger partial charge is 0.385 e. The molecular weight excluding hydrogens is 206 g/mol. The normalized spacial score (nSPS) is 15.4. The van der Waals surface area contributed by atoms with Crippen molar-refractivity contribution in [1.82, 2.24) is 0 Å². The summed E-state index contributed by atoms with van der Waals surface area (Å²) >= 11 is 0. The first-order valence-corrected chi connectivity index (χ1v) is 5.12. The third kappa shape index (κ3) is 3.24. The lowest BCUT2D eigenvalue weighted by Crippen LogP contribution is -2.16. The van der Waals surface area contributed by atoms with E-state index < -0.39 is 0 Å². The van der Waals surface area contributed by atoms with Crippen LogP contribution in [0.1, 0.15) is 19.3 Å². The van der Waals surface area contributed by atoms with Gasteiger partial charge in [-0.1, -0.05) is 0 Å². The zero-order chi connectivity index (χ0) is 12.0. The van der Waals surface area contributed by atoms with Gasteiger partial charge in [0.1, 0.15) is 0 Å². The zero-order valence-electron chi connectivity index (χ0n) is 9.36. The van der Waals surface area contributed by atoms with Crippen molar-refractivity contribution in [2.24, 2.45) is 4.99 Å². The Balaban J connectivity index is 2.62. The molecule has 1 aliphatic rings. The highest BCUT2D eigenvalue weighted by Gasteiger charge is 2.20. The topological polar surface area (TPSA) is 55.7 Å². The van der Waals surface area contributed by atoms with E-state index in [0.29, 0.717) is 25.1 Å². The first-order chi connectivity index (χ1) is 7.69. The van der Waals surface area contributed by atoms with E-state index in [-0.39, 0.29) is 23.6 Å². The highest BCUT2D eigenvalue weighted by atomic mass is 16.5. The van der Waals surface area contributed by atoms with Gasteiger partial charge in [0.15, 0.2) is 11.6 Å². The van der Waals surface area contributed by atoms with Crippen molar-refractivity contribution in [3.63, 3.8) is 0 Å². The molecule has 0 saturated heterocycles. The second-order valence-electron chi connectivity index (χ2n) is 3.52. The van der Waals surface area contributed by atoms with Gasteiger partial charge in [0.2, 0.25) is 0 Å². The third-order valence-electron chi connectivity index (χ3n) is 2.34. The Kier molecular flexibility index (Phi) is 4.79. The molecule has 0 amide bonds. The third-order valence-corrected chi connectivity index (χ3v) is 2.34. The predicted octanol–water partition coefficient (Wildman–Crippen LogP) is 1.47. The summed E-state index contributed by atoms with van der Waals surface area (Å²) in [6, 6.07) is 0. The van der Waals surface area contributed by atoms with Gasteiger partial charge in [-0.25, -0.2) is 0 Å². The molecule has 0 aromatic heterocycles. The van der Waals surface area contributed by atoms with Crippen LogP contribution in [0.5, 0.6) is 0 Å². The highest BCUT2D eigenvalue weighted by molar-refractivity contribution is 6.21. The number of carbonyl (C=O) groups excluding carboxylic acids is 2. The lowest BCUT2D eigenvalue weighted by molar-refractivity contribution is -0.121. The molecule has 1 rings (SSSR count). The lowest BCUT2D eigenvalue weighted by atomic mass is 9.95. The van der Waals surface area contributed by atoms with Gasteiger partial charge in [-0.05, 0) is 25.3 Å². The standard InChI is InChI=1S/C12H15NO3/c1-13-9-5-6-10(12(15)8-9)11(14)4-3-7-16-2/h5-6H,1,3-4,7-8H2,2H3. The highest BCUT2D eigenvalue weighted by Crippen LogP contribution is 2.17. The number of hydrogen-bond acceptors (Lipinski definition) is 4. The molecule has 0 N–H and O–H groups in total. The quantitative estimate of drug-likeness (QED) is 0.387. The number of ketones is 2. The average Bonchev–Trinajstić information content (AvgIpc) is 2.29. The Hall–Kier alpha value is -1.55. The molecule has 16 heavy (non-hydrogen) atoms. The van der Waals surface area contributed by atoms with Gasteiger partial charge in [0.05, 0.1) is 12.0 Å². The van der Waals surface area contributed by atoms with E-state index in [0.717, 1.165) is 0 Å². The number of methoxy groups -OCH3 is 1. The van der Waals surface area contributed by atoms with E-state index in [9.17, 15) is 9.59 Å². The number of hydrogen-bond donors (Lipinski definition) is 0. The summed E-state index contributed by atoms with van der Waals surface area (Å²) < 4.78 is 4.85. The second-order valence-corrected chi connectivity index (χ2v) is 3.52. The maximum atomic E-state index is 11.7. The predicted molar refractivity (Wildman–Crippen MR) is 61.5 cm³/mol. The average molecular weight is 221 g/mol. The Morgan fingerprint density at radius 2 is 2.31 bits per heavy atom. The molecule has 0 saturated carbocycles. The van der Waals surface area contributed by atoms with Crippen LogP contribution in [-0.4, -0.2) is 32.0 Å². The molecule has 0 aliphatic heterocycles. The Labute approximate surface area is 94.7 Å². The summed E-state index contributed by atoms with van der Waals surface area (Å²) in [5.74, 6) is -0.297. The van der Waals surface area contributed by atoms with Crippen molar-refractivity contribution in [2.75, 3.05) is 13.7 Å². The summed E-state index contributed by atoms with van der Waals surface area (Å²) in [4.78, 5) is 26.9. The zero-order valence-corrected chi connectivity index (χ0v) is 9.36. The summed E-state index contributed by atoms with van der Waals surface area (Å²) in [6.45, 7) is 3.88. The molecule has 0 aromatic carbocycles. The van der Waals surface area contributed by atoms with Crippen LogP contribution >= 0.6 is 0 Å². The van der Waals surface area contributed by atoms with Crippen LogP contribution < -0.4 is 0 Å². The molecule has 86 valence electrons. The van der Waals surface area contributed by atoms with Crippen LogP contribution in [0.4, 0.5) is 0 Å². The molecule has 0 heterocycles. The van der Waals surface area contributed by atoms with Crippen LogP contribution in [0.3, 0.4) is 0 Å². The monoisotopic (exact) mass is 221 g/mol. The number of ether oxygens (including phenoxy) is 1. The van der Waals surface area contributed by atoms with E-state index in [1.54, 1.807) is 13.2 Å². The molecule has 0 aromatic rings. The van der Waals surface area contributed by atoms with Crippen LogP contribution in [0.25, 0.3) is 0 Å². The summed E-state index contributed by atoms with van der Waals surface area (Å²) in [6.07, 6.45) is 4.35. The smallest absolute Gasteiger partial charge is 0.172 e. The number of allylic oxidation sites excluding steroid dienone is 4. The number of carbonyl (C=O) groups is 2. The maximum Gasteiger partial charge on any atom is 0.172 e. The van der Waals surface area contributed by atoms with Crippen LogP contribution in [0.15, 0.2) is 28.4 Å². The van der Waals surface area contributed by atoms with E-state index in [2.05, 4.69) is 11.7 Å². The molecule has 4 heteroatoms. The van der Waals surface area contributed by atoms with Crippen molar-refractivity contribution in [1.29, 1.82) is 0 Å². The SMILES string of the molecule is C=NC1=CC=C(C(=O)CCCOC)C(=O)C1. The van der Waals surface area contributed by atoms with Gasteiger partial charge in [-0.15, -0.1) is 0 Å². The van der Waals surface area contributed by atoms with Gasteiger partial charge in [0.25, 0.3) is 0 Å². The number of aliphatic imine (C=N–C) groups is 1. The molecule has 0 atom stereocenters. The van der Waals surface area contributed by atoms with E-state index in [1.165, 1.54) is 6.08 Å². The summed E-state index contributed by atoms with van der Waals surface area (Å²) in [5, 5.41) is 0. The molecule has 0 spiro atoms. The number of rotatable bonds is 6. The second kappa shape index (κ2) is 6.12. The number of Topliss-reactive ketones (excluding diaryl/α,β-unsaturated/α-hetero) is 2. The Bertz CT molecular complexity index is 366. The van der Waals surface area contributed by atoms with E-state index in [4.69, 9.17) is 4.74 Å². The van der Waals surface area contributed by atoms with Gasteiger partial charge < -0.3 is 4.74 Å². The first kappa shape index (κ1) is 12.5. The van der Waals surface area contributed by atoms with Gasteiger partial charge in [-0.2, -0.15) is 0 Å². The molecule has 0 unspecified atom stereocenters. The molecule has 0 radical (unpaired) electrons. The van der Waals surface area contributed by atoms with Crippen molar-refractivity contribution >= 4 is 18.3 Å². The van der Waals surface area contributed by atoms with Crippen LogP contribution in [0.2, 0.25) is 0 Å². The van der Waals surface area contributed by atoms with Crippen molar-refractivity contribution in [2.45, 2.75) is 19.3 Å². The molecular formula is C12H15NO3. The Morgan fingerprint density at radius 3 is 2.88 bits per heavy atom. The minimum absolute atomic E-state index is 0.124. The fourth-order valence-electron chi connectivity index (χ4n) is 1.46. The van der Waals surface area contributed by atoms with E-state index in [1.807, 2.05) is 0 Å². The maximum absolute atomic E-state index is 11.7. The minimum atomic E-state index is -0.174. The molecule has 0 bridgehead atoms. The van der Waals surface area contributed by atoms with Gasteiger partial charge in [-0.3, -0.25) is 14.6 Å². The molecule has 4 nitrogen and oxygen atoms in total. The fourth-order valence-corrected chi connectivity index (χ4v) is 1.46. The fraction of sp³-hybridized carbons (Fsp3) is 0.417. The van der Waals surface area contributed by atoms with Crippen molar-refractivity contribution in [3.05, 3.63) is 23.4 Å². The Morgan fingerprint density at radius 1 is 1.56 bits per heavy atom. The van der Waals surface area contributed by atoms with E-state index >= 15 is 0 Å². The molecule has 0 fully saturated rings. The minimum Gasteiger partial charge on any atom is -0.385 e. The lowest BCUT2D eigenvalue weighted by Gasteiger charge is -2.09. The van der Waals surface area contributed by atoms with Crippen molar-refractivity contribution < 1.29 is 14.3 Å². The van der Waals surface area contributed by atoms with Crippen LogP contribution in [-0.2, 0) is 14.3 Å². The first-order valence-electron chi connectivity index (χ1n) is 5.12. The van der Waals surface area contributed by atoms with Gasteiger partial charge in [0, 0.05) is 25.8 Å². The van der Waals surface area contributed by atoms with Crippen LogP contribution in [0, 0.1) is 0 Å².